The third-order valence-electron chi connectivity index (χ3n) is 10.1. The van der Waals surface area contributed by atoms with Crippen molar-refractivity contribution < 1.29 is 38.7 Å². The van der Waals surface area contributed by atoms with Crippen LogP contribution in [0.1, 0.15) is 129 Å². The van der Waals surface area contributed by atoms with Crippen LogP contribution in [0.3, 0.4) is 0 Å². The van der Waals surface area contributed by atoms with E-state index in [1.54, 1.807) is 31.2 Å². The van der Waals surface area contributed by atoms with Crippen molar-refractivity contribution in [2.45, 2.75) is 129 Å². The van der Waals surface area contributed by atoms with Crippen molar-refractivity contribution in [3.05, 3.63) is 78.9 Å². The number of hydrogen-bond acceptors (Lipinski definition) is 11. The first-order valence-electron chi connectivity index (χ1n) is 21.9. The molecule has 0 aliphatic carbocycles. The Morgan fingerprint density at radius 1 is 0.500 bits per heavy atom. The second kappa shape index (κ2) is 27.3. The number of phenols is 2. The van der Waals surface area contributed by atoms with Gasteiger partial charge in [0, 0.05) is 30.2 Å². The van der Waals surface area contributed by atoms with Gasteiger partial charge in [0.1, 0.15) is 23.0 Å². The number of nitrogens with zero attached hydrogens (tertiary/aromatic N) is 3. The van der Waals surface area contributed by atoms with Gasteiger partial charge in [0.2, 0.25) is 0 Å². The van der Waals surface area contributed by atoms with Crippen LogP contribution in [0.25, 0.3) is 34.2 Å². The van der Waals surface area contributed by atoms with Gasteiger partial charge < -0.3 is 29.2 Å². The normalized spacial score (nSPS) is 11.0. The third kappa shape index (κ3) is 17.8. The number of ether oxygens (including phenoxy) is 4. The lowest BCUT2D eigenvalue weighted by Gasteiger charge is -2.12. The molecule has 0 spiro atoms. The molecular formula is C49H65N3O8. The largest absolute Gasteiger partial charge is 0.507 e. The van der Waals surface area contributed by atoms with E-state index in [1.165, 1.54) is 51.9 Å². The van der Waals surface area contributed by atoms with E-state index in [4.69, 9.17) is 33.9 Å². The van der Waals surface area contributed by atoms with E-state index >= 15 is 0 Å². The van der Waals surface area contributed by atoms with Gasteiger partial charge in [-0.25, -0.2) is 19.7 Å². The molecule has 4 rings (SSSR count). The number of esters is 2. The summed E-state index contributed by atoms with van der Waals surface area (Å²) in [6.07, 6.45) is 19.7. The molecule has 0 aliphatic rings. The predicted molar refractivity (Wildman–Crippen MR) is 236 cm³/mol. The molecule has 60 heavy (non-hydrogen) atoms. The second-order valence-corrected chi connectivity index (χ2v) is 15.3. The molecule has 0 bridgehead atoms. The maximum atomic E-state index is 11.4. The smallest absolute Gasteiger partial charge is 0.333 e. The molecule has 11 heteroatoms. The molecule has 4 aromatic rings. The van der Waals surface area contributed by atoms with E-state index < -0.39 is 0 Å². The molecule has 1 heterocycles. The number of rotatable bonds is 30. The summed E-state index contributed by atoms with van der Waals surface area (Å²) in [6, 6.07) is 19.8. The van der Waals surface area contributed by atoms with Crippen LogP contribution in [-0.2, 0) is 19.1 Å². The van der Waals surface area contributed by atoms with Gasteiger partial charge in [0.15, 0.2) is 17.5 Å². The highest BCUT2D eigenvalue weighted by Crippen LogP contribution is 2.35. The van der Waals surface area contributed by atoms with E-state index in [1.807, 2.05) is 42.5 Å². The van der Waals surface area contributed by atoms with Crippen LogP contribution >= 0.6 is 0 Å². The lowest BCUT2D eigenvalue weighted by atomic mass is 10.1. The van der Waals surface area contributed by atoms with Gasteiger partial charge in [-0.1, -0.05) is 127 Å². The third-order valence-corrected chi connectivity index (χ3v) is 10.1. The standard InChI is InChI=1S/C49H65N3O8/c1-37(2)49(56)60-34-24-17-13-9-5-8-12-16-23-33-59-41-28-30-43(45(55)36-41)48-51-46(39-25-19-18-20-26-39)50-47(52-48)42-29-27-40(35-44(42)54)58-32-22-15-11-7-4-6-10-14-21-31-57-38(3)53/h18-20,25-30,35-36,54-55H,1,4-17,21-24,31-34H2,2-3H3. The Balaban J connectivity index is 1.22. The van der Waals surface area contributed by atoms with E-state index in [0.29, 0.717) is 60.5 Å². The van der Waals surface area contributed by atoms with Gasteiger partial charge in [-0.3, -0.25) is 4.79 Å². The summed E-state index contributed by atoms with van der Waals surface area (Å²) in [5.74, 6) is 1.54. The molecule has 0 amide bonds. The molecule has 324 valence electrons. The molecule has 0 saturated heterocycles. The summed E-state index contributed by atoms with van der Waals surface area (Å²) in [4.78, 5) is 36.4. The Morgan fingerprint density at radius 2 is 0.883 bits per heavy atom. The maximum Gasteiger partial charge on any atom is 0.333 e. The van der Waals surface area contributed by atoms with Crippen LogP contribution < -0.4 is 9.47 Å². The van der Waals surface area contributed by atoms with Crippen LogP contribution in [0, 0.1) is 0 Å². The molecule has 1 aromatic heterocycles. The van der Waals surface area contributed by atoms with E-state index in [0.717, 1.165) is 76.2 Å². The minimum absolute atomic E-state index is 0.0137. The molecule has 11 nitrogen and oxygen atoms in total. The Hall–Kier alpha value is -5.45. The molecule has 0 atom stereocenters. The highest BCUT2D eigenvalue weighted by Gasteiger charge is 2.18. The number of unbranched alkanes of at least 4 members (excludes halogenated alkanes) is 16. The molecule has 0 aliphatic heterocycles. The average molecular weight is 824 g/mol. The minimum Gasteiger partial charge on any atom is -0.507 e. The van der Waals surface area contributed by atoms with Crippen molar-refractivity contribution in [1.82, 2.24) is 15.0 Å². The Morgan fingerprint density at radius 3 is 1.28 bits per heavy atom. The zero-order chi connectivity index (χ0) is 42.8. The highest BCUT2D eigenvalue weighted by atomic mass is 16.5. The summed E-state index contributed by atoms with van der Waals surface area (Å²) < 4.78 is 22.1. The first-order chi connectivity index (χ1) is 29.2. The first-order valence-corrected chi connectivity index (χ1v) is 21.9. The number of aromatic nitrogens is 3. The number of phenolic OH excluding ortho intramolecular Hbond substituents is 2. The summed E-state index contributed by atoms with van der Waals surface area (Å²) in [5, 5.41) is 22.3. The minimum atomic E-state index is -0.311. The van der Waals surface area contributed by atoms with Gasteiger partial charge in [0.05, 0.1) is 37.6 Å². The topological polar surface area (TPSA) is 150 Å². The van der Waals surface area contributed by atoms with Gasteiger partial charge in [-0.2, -0.15) is 0 Å². The molecule has 0 saturated carbocycles. The van der Waals surface area contributed by atoms with Crippen molar-refractivity contribution in [3.63, 3.8) is 0 Å². The molecule has 3 aromatic carbocycles. The average Bonchev–Trinajstić information content (AvgIpc) is 3.24. The number of aromatic hydroxyl groups is 2. The van der Waals surface area contributed by atoms with E-state index in [2.05, 4.69) is 6.58 Å². The van der Waals surface area contributed by atoms with Crippen LogP contribution in [0.2, 0.25) is 0 Å². The molecule has 0 radical (unpaired) electrons. The van der Waals surface area contributed by atoms with Gasteiger partial charge in [0.25, 0.3) is 0 Å². The van der Waals surface area contributed by atoms with Crippen molar-refractivity contribution in [3.8, 4) is 57.2 Å². The number of carbonyl (C=O) groups excluding carboxylic acids is 2. The molecule has 2 N–H and O–H groups in total. The quantitative estimate of drug-likeness (QED) is 0.0294. The molecule has 0 fully saturated rings. The van der Waals surface area contributed by atoms with Crippen molar-refractivity contribution in [2.75, 3.05) is 26.4 Å². The fourth-order valence-electron chi connectivity index (χ4n) is 6.68. The van der Waals surface area contributed by atoms with Gasteiger partial charge in [-0.05, 0) is 56.9 Å². The van der Waals surface area contributed by atoms with Gasteiger partial charge in [-0.15, -0.1) is 0 Å². The Labute approximate surface area is 356 Å². The second-order valence-electron chi connectivity index (χ2n) is 15.3. The predicted octanol–water partition coefficient (Wildman–Crippen LogP) is 11.7. The van der Waals surface area contributed by atoms with Crippen molar-refractivity contribution >= 4 is 11.9 Å². The highest BCUT2D eigenvalue weighted by molar-refractivity contribution is 5.86. The zero-order valence-corrected chi connectivity index (χ0v) is 35.8. The zero-order valence-electron chi connectivity index (χ0n) is 35.8. The number of hydrogen-bond donors (Lipinski definition) is 2. The summed E-state index contributed by atoms with van der Waals surface area (Å²) in [6.45, 7) is 8.80. The fraction of sp³-hybridized carbons (Fsp3) is 0.490. The van der Waals surface area contributed by atoms with Crippen LogP contribution in [0.5, 0.6) is 23.0 Å². The molecule has 0 unspecified atom stereocenters. The Bertz CT molecular complexity index is 1900. The summed E-state index contributed by atoms with van der Waals surface area (Å²) in [7, 11) is 0. The molecular weight excluding hydrogens is 759 g/mol. The van der Waals surface area contributed by atoms with Crippen LogP contribution in [0.15, 0.2) is 78.9 Å². The lowest BCUT2D eigenvalue weighted by molar-refractivity contribution is -0.141. The summed E-state index contributed by atoms with van der Waals surface area (Å²) >= 11 is 0. The maximum absolute atomic E-state index is 11.4. The van der Waals surface area contributed by atoms with Gasteiger partial charge >= 0.3 is 11.9 Å². The van der Waals surface area contributed by atoms with Crippen molar-refractivity contribution in [1.29, 1.82) is 0 Å². The Kier molecular flexibility index (Phi) is 21.5. The lowest BCUT2D eigenvalue weighted by Crippen LogP contribution is -2.05. The summed E-state index contributed by atoms with van der Waals surface area (Å²) in [5.41, 5.74) is 2.06. The van der Waals surface area contributed by atoms with Crippen LogP contribution in [0.4, 0.5) is 0 Å². The van der Waals surface area contributed by atoms with E-state index in [9.17, 15) is 19.8 Å². The number of benzene rings is 3. The van der Waals surface area contributed by atoms with Crippen molar-refractivity contribution in [2.24, 2.45) is 0 Å². The number of carbonyl (C=O) groups is 2. The SMILES string of the molecule is C=C(C)C(=O)OCCCCCCCCCCCOc1ccc(-c2nc(-c3ccccc3)nc(-c3ccc(OCCCCCCCCCCCOC(C)=O)cc3O)n2)c(O)c1. The monoisotopic (exact) mass is 823 g/mol. The van der Waals surface area contributed by atoms with E-state index in [-0.39, 0.29) is 35.1 Å². The first kappa shape index (κ1) is 47.2. The van der Waals surface area contributed by atoms with Crippen LogP contribution in [-0.4, -0.2) is 63.5 Å². The fourth-order valence-corrected chi connectivity index (χ4v) is 6.68.